The van der Waals surface area contributed by atoms with Gasteiger partial charge in [-0.05, 0) is 32.3 Å². The number of nitrogens with one attached hydrogen (secondary N) is 1. The van der Waals surface area contributed by atoms with Crippen molar-refractivity contribution in [1.82, 2.24) is 10.2 Å². The number of carbonyl (C=O) groups is 2. The van der Waals surface area contributed by atoms with E-state index in [9.17, 15) is 9.59 Å². The van der Waals surface area contributed by atoms with Gasteiger partial charge in [0.2, 0.25) is 5.91 Å². The van der Waals surface area contributed by atoms with Gasteiger partial charge in [0.05, 0.1) is 23.9 Å². The molecule has 5 nitrogen and oxygen atoms in total. The van der Waals surface area contributed by atoms with Gasteiger partial charge >= 0.3 is 0 Å². The van der Waals surface area contributed by atoms with Crippen LogP contribution in [-0.2, 0) is 4.79 Å². The average Bonchev–Trinajstić information content (AvgIpc) is 3.11. The minimum atomic E-state index is -0.0237. The molecule has 2 saturated heterocycles. The van der Waals surface area contributed by atoms with E-state index in [1.807, 2.05) is 25.7 Å². The minimum absolute atomic E-state index is 0.0237. The molecule has 2 unspecified atom stereocenters. The van der Waals surface area contributed by atoms with E-state index in [4.69, 9.17) is 4.42 Å². The van der Waals surface area contributed by atoms with E-state index in [0.717, 1.165) is 19.3 Å². The second-order valence-electron chi connectivity index (χ2n) is 6.41. The summed E-state index contributed by atoms with van der Waals surface area (Å²) in [4.78, 5) is 26.6. The van der Waals surface area contributed by atoms with Crippen LogP contribution >= 0.6 is 0 Å². The number of rotatable bonds is 3. The maximum absolute atomic E-state index is 12.7. The third-order valence-corrected chi connectivity index (χ3v) is 4.71. The van der Waals surface area contributed by atoms with Crippen molar-refractivity contribution < 1.29 is 14.0 Å². The zero-order valence-electron chi connectivity index (χ0n) is 12.8. The van der Waals surface area contributed by atoms with E-state index in [0.29, 0.717) is 11.3 Å². The van der Waals surface area contributed by atoms with E-state index in [-0.39, 0.29) is 35.9 Å². The summed E-state index contributed by atoms with van der Waals surface area (Å²) in [7, 11) is 0. The molecule has 2 aliphatic rings. The number of furan rings is 1. The first-order valence-electron chi connectivity index (χ1n) is 7.66. The molecule has 0 spiro atoms. The van der Waals surface area contributed by atoms with Crippen LogP contribution in [0.25, 0.3) is 0 Å². The maximum Gasteiger partial charge on any atom is 0.257 e. The van der Waals surface area contributed by atoms with Gasteiger partial charge in [0, 0.05) is 12.0 Å². The lowest BCUT2D eigenvalue weighted by molar-refractivity contribution is -0.124. The molecule has 2 fully saturated rings. The number of hydrogen-bond acceptors (Lipinski definition) is 3. The monoisotopic (exact) mass is 290 g/mol. The van der Waals surface area contributed by atoms with Crippen LogP contribution in [0.1, 0.15) is 49.2 Å². The fourth-order valence-corrected chi connectivity index (χ4v) is 3.56. The molecule has 0 radical (unpaired) electrons. The Morgan fingerprint density at radius 2 is 2.14 bits per heavy atom. The fourth-order valence-electron chi connectivity index (χ4n) is 3.56. The third-order valence-electron chi connectivity index (χ3n) is 4.71. The lowest BCUT2D eigenvalue weighted by Gasteiger charge is -2.25. The van der Waals surface area contributed by atoms with Crippen LogP contribution in [0.5, 0.6) is 0 Å². The number of fused-ring (bicyclic) bond motifs is 2. The Morgan fingerprint density at radius 3 is 2.76 bits per heavy atom. The summed E-state index contributed by atoms with van der Waals surface area (Å²) >= 11 is 0. The van der Waals surface area contributed by atoms with Gasteiger partial charge in [0.1, 0.15) is 5.76 Å². The van der Waals surface area contributed by atoms with Crippen LogP contribution in [0.3, 0.4) is 0 Å². The number of aryl methyl sites for hydroxylation is 1. The second-order valence-corrected chi connectivity index (χ2v) is 6.41. The highest BCUT2D eigenvalue weighted by molar-refractivity contribution is 5.96. The Morgan fingerprint density at radius 1 is 1.38 bits per heavy atom. The first-order valence-corrected chi connectivity index (χ1v) is 7.66. The molecule has 0 aromatic carbocycles. The summed E-state index contributed by atoms with van der Waals surface area (Å²) in [5, 5.41) is 3.10. The normalized spacial score (nSPS) is 27.4. The Labute approximate surface area is 124 Å². The second kappa shape index (κ2) is 5.20. The Bertz CT molecular complexity index is 564. The zero-order chi connectivity index (χ0) is 15.1. The predicted molar refractivity (Wildman–Crippen MR) is 77.8 cm³/mol. The molecule has 1 N–H and O–H groups in total. The summed E-state index contributed by atoms with van der Waals surface area (Å²) in [6.07, 6.45) is 4.42. The van der Waals surface area contributed by atoms with E-state index in [2.05, 4.69) is 5.32 Å². The quantitative estimate of drug-likeness (QED) is 0.927. The molecule has 2 bridgehead atoms. The van der Waals surface area contributed by atoms with Gasteiger partial charge in [-0.15, -0.1) is 0 Å². The standard InChI is InChI=1S/C16H22N2O3/c1-9(2)15(19)17-13-8-11-4-5-14(13)18(11)16(20)12-6-7-21-10(12)3/h6-7,9,11,13-14H,4-5,8H2,1-3H3,(H,17,19)/t11?,13-,14?/m1/s1. The van der Waals surface area contributed by atoms with Crippen LogP contribution in [0.4, 0.5) is 0 Å². The van der Waals surface area contributed by atoms with E-state index < -0.39 is 0 Å². The van der Waals surface area contributed by atoms with Crippen molar-refractivity contribution >= 4 is 11.8 Å². The first kappa shape index (κ1) is 14.2. The van der Waals surface area contributed by atoms with Crippen LogP contribution in [-0.4, -0.2) is 34.8 Å². The molecular weight excluding hydrogens is 268 g/mol. The number of nitrogens with zero attached hydrogens (tertiary/aromatic N) is 1. The number of carbonyl (C=O) groups excluding carboxylic acids is 2. The van der Waals surface area contributed by atoms with Crippen molar-refractivity contribution in [2.24, 2.45) is 5.92 Å². The SMILES string of the molecule is Cc1occc1C(=O)N1C2CCC1[C@H](NC(=O)C(C)C)C2. The van der Waals surface area contributed by atoms with Gasteiger partial charge in [-0.25, -0.2) is 0 Å². The Balaban J connectivity index is 1.75. The maximum atomic E-state index is 12.7. The molecule has 0 saturated carbocycles. The van der Waals surface area contributed by atoms with Crippen LogP contribution in [0.2, 0.25) is 0 Å². The van der Waals surface area contributed by atoms with Gasteiger partial charge in [-0.3, -0.25) is 9.59 Å². The molecule has 114 valence electrons. The van der Waals surface area contributed by atoms with Gasteiger partial charge in [-0.1, -0.05) is 13.8 Å². The van der Waals surface area contributed by atoms with Gasteiger partial charge in [0.15, 0.2) is 0 Å². The molecule has 2 amide bonds. The van der Waals surface area contributed by atoms with E-state index >= 15 is 0 Å². The summed E-state index contributed by atoms with van der Waals surface area (Å²) < 4.78 is 5.24. The van der Waals surface area contributed by atoms with E-state index in [1.165, 1.54) is 0 Å². The van der Waals surface area contributed by atoms with Gasteiger partial charge in [-0.2, -0.15) is 0 Å². The Hall–Kier alpha value is -1.78. The van der Waals surface area contributed by atoms with Crippen molar-refractivity contribution in [3.05, 3.63) is 23.7 Å². The molecule has 1 aromatic heterocycles. The summed E-state index contributed by atoms with van der Waals surface area (Å²) in [6.45, 7) is 5.59. The highest BCUT2D eigenvalue weighted by Crippen LogP contribution is 2.39. The molecule has 3 heterocycles. The van der Waals surface area contributed by atoms with Crippen molar-refractivity contribution in [1.29, 1.82) is 0 Å². The smallest absolute Gasteiger partial charge is 0.257 e. The fraction of sp³-hybridized carbons (Fsp3) is 0.625. The van der Waals surface area contributed by atoms with Crippen molar-refractivity contribution in [2.45, 2.75) is 58.2 Å². The van der Waals surface area contributed by atoms with Gasteiger partial charge in [0.25, 0.3) is 5.91 Å². The summed E-state index contributed by atoms with van der Waals surface area (Å²) in [5.74, 6) is 0.743. The predicted octanol–water partition coefficient (Wildman–Crippen LogP) is 2.11. The molecule has 0 aliphatic carbocycles. The molecule has 3 rings (SSSR count). The van der Waals surface area contributed by atoms with Crippen LogP contribution < -0.4 is 5.32 Å². The molecular formula is C16H22N2O3. The van der Waals surface area contributed by atoms with Crippen LogP contribution in [0.15, 0.2) is 16.7 Å². The minimum Gasteiger partial charge on any atom is -0.469 e. The third kappa shape index (κ3) is 2.34. The average molecular weight is 290 g/mol. The van der Waals surface area contributed by atoms with Crippen molar-refractivity contribution in [2.75, 3.05) is 0 Å². The lowest BCUT2D eigenvalue weighted by Crippen LogP contribution is -2.46. The molecule has 1 aromatic rings. The highest BCUT2D eigenvalue weighted by atomic mass is 16.3. The van der Waals surface area contributed by atoms with E-state index in [1.54, 1.807) is 12.3 Å². The zero-order valence-corrected chi connectivity index (χ0v) is 12.8. The number of amides is 2. The molecule has 5 heteroatoms. The molecule has 3 atom stereocenters. The lowest BCUT2D eigenvalue weighted by atomic mass is 9.95. The topological polar surface area (TPSA) is 62.6 Å². The summed E-state index contributed by atoms with van der Waals surface area (Å²) in [5.41, 5.74) is 0.641. The number of hydrogen-bond donors (Lipinski definition) is 1. The van der Waals surface area contributed by atoms with Crippen LogP contribution in [0, 0.1) is 12.8 Å². The Kier molecular flexibility index (Phi) is 3.51. The highest BCUT2D eigenvalue weighted by Gasteiger charge is 2.49. The molecule has 21 heavy (non-hydrogen) atoms. The largest absolute Gasteiger partial charge is 0.469 e. The van der Waals surface area contributed by atoms with Crippen molar-refractivity contribution in [3.8, 4) is 0 Å². The molecule has 2 aliphatic heterocycles. The van der Waals surface area contributed by atoms with Crippen molar-refractivity contribution in [3.63, 3.8) is 0 Å². The summed E-state index contributed by atoms with van der Waals surface area (Å²) in [6, 6.07) is 2.19. The first-order chi connectivity index (χ1) is 9.99. The van der Waals surface area contributed by atoms with Gasteiger partial charge < -0.3 is 14.6 Å².